The predicted octanol–water partition coefficient (Wildman–Crippen LogP) is 4.49. The summed E-state index contributed by atoms with van der Waals surface area (Å²) < 4.78 is 1.81. The van der Waals surface area contributed by atoms with Crippen molar-refractivity contribution in [3.05, 3.63) is 86.2 Å². The van der Waals surface area contributed by atoms with Crippen molar-refractivity contribution in [2.75, 3.05) is 56.5 Å². The second-order valence-corrected chi connectivity index (χ2v) is 15.6. The summed E-state index contributed by atoms with van der Waals surface area (Å²) in [5.41, 5.74) is 4.86. The van der Waals surface area contributed by atoms with E-state index in [-0.39, 0.29) is 40.7 Å². The fraction of sp³-hybridized carbons (Fsp3) is 0.500. The summed E-state index contributed by atoms with van der Waals surface area (Å²) in [5, 5.41) is 10.2. The van der Waals surface area contributed by atoms with Gasteiger partial charge in [0.1, 0.15) is 4.47 Å². The van der Waals surface area contributed by atoms with Crippen molar-refractivity contribution in [2.24, 2.45) is 12.5 Å². The van der Waals surface area contributed by atoms with E-state index in [1.807, 2.05) is 29.2 Å². The van der Waals surface area contributed by atoms with Crippen LogP contribution < -0.4 is 21.1 Å². The first-order valence-corrected chi connectivity index (χ1v) is 18.6. The first kappa shape index (κ1) is 34.4. The molecule has 3 amide bonds. The number of anilines is 2. The molecule has 4 saturated heterocycles. The molecule has 4 aliphatic heterocycles. The van der Waals surface area contributed by atoms with Crippen LogP contribution in [0.2, 0.25) is 0 Å². The predicted molar refractivity (Wildman–Crippen MR) is 196 cm³/mol. The zero-order chi connectivity index (χ0) is 35.0. The lowest BCUT2D eigenvalue weighted by molar-refractivity contribution is -0.134. The van der Waals surface area contributed by atoms with E-state index in [2.05, 4.69) is 72.8 Å². The van der Waals surface area contributed by atoms with Gasteiger partial charge in [0, 0.05) is 70.0 Å². The number of likely N-dealkylation sites (N-methyl/N-ethyl adjacent to an activating group) is 1. The Morgan fingerprint density at radius 2 is 1.66 bits per heavy atom. The molecular weight excluding hydrogens is 698 g/mol. The standard InChI is InChI=1S/C38H46BrN7O4/c1-43-23-28(20-29(24-43)41-32-22-40-44(2)37(50)34(32)39)25-6-8-26(9-7-25)36(49)46-18-14-38(15-19-46)12-16-45(17-13-38)30-5-3-4-27(21-30)31-10-11-33(47)42-35(31)48/h3-9,21-22,28-29,31,41H,10-20,23-24H2,1-2H3,(H,42,47,48). The van der Waals surface area contributed by atoms with E-state index >= 15 is 0 Å². The molecule has 4 fully saturated rings. The van der Waals surface area contributed by atoms with Crippen molar-refractivity contribution in [1.29, 1.82) is 0 Å². The maximum atomic E-state index is 13.6. The normalized spacial score (nSPS) is 24.3. The molecule has 0 bridgehead atoms. The Labute approximate surface area is 301 Å². The van der Waals surface area contributed by atoms with Gasteiger partial charge in [0.25, 0.3) is 11.5 Å². The van der Waals surface area contributed by atoms with Gasteiger partial charge in [-0.3, -0.25) is 24.5 Å². The number of amides is 3. The maximum Gasteiger partial charge on any atom is 0.282 e. The Morgan fingerprint density at radius 3 is 2.38 bits per heavy atom. The van der Waals surface area contributed by atoms with Crippen LogP contribution in [0.4, 0.5) is 11.4 Å². The molecule has 2 N–H and O–H groups in total. The number of rotatable bonds is 6. The second-order valence-electron chi connectivity index (χ2n) is 14.8. The fourth-order valence-corrected chi connectivity index (χ4v) is 8.92. The highest BCUT2D eigenvalue weighted by Gasteiger charge is 2.39. The molecule has 2 aromatic carbocycles. The van der Waals surface area contributed by atoms with Gasteiger partial charge >= 0.3 is 0 Å². The van der Waals surface area contributed by atoms with Crippen LogP contribution in [0.3, 0.4) is 0 Å². The zero-order valence-corrected chi connectivity index (χ0v) is 30.5. The van der Waals surface area contributed by atoms with Crippen molar-refractivity contribution in [3.8, 4) is 0 Å². The molecule has 1 aromatic heterocycles. The molecule has 0 aliphatic carbocycles. The van der Waals surface area contributed by atoms with Gasteiger partial charge in [0.15, 0.2) is 0 Å². The quantitative estimate of drug-likeness (QED) is 0.355. The molecule has 0 radical (unpaired) electrons. The summed E-state index contributed by atoms with van der Waals surface area (Å²) in [6.45, 7) is 5.26. The highest BCUT2D eigenvalue weighted by atomic mass is 79.9. The first-order chi connectivity index (χ1) is 24.1. The number of piperidine rings is 4. The number of hydrogen-bond donors (Lipinski definition) is 2. The molecule has 0 saturated carbocycles. The summed E-state index contributed by atoms with van der Waals surface area (Å²) in [5.74, 6) is -0.248. The lowest BCUT2D eigenvalue weighted by Gasteiger charge is -2.47. The van der Waals surface area contributed by atoms with Crippen LogP contribution in [-0.2, 0) is 16.6 Å². The third kappa shape index (κ3) is 7.23. The molecular formula is C38H46BrN7O4. The number of halogens is 1. The van der Waals surface area contributed by atoms with E-state index in [0.29, 0.717) is 28.9 Å². The molecule has 50 heavy (non-hydrogen) atoms. The van der Waals surface area contributed by atoms with Crippen LogP contribution >= 0.6 is 15.9 Å². The number of carbonyl (C=O) groups excluding carboxylic acids is 3. The van der Waals surface area contributed by atoms with E-state index in [4.69, 9.17) is 0 Å². The smallest absolute Gasteiger partial charge is 0.282 e. The average molecular weight is 745 g/mol. The minimum absolute atomic E-state index is 0.109. The van der Waals surface area contributed by atoms with Crippen LogP contribution in [0.5, 0.6) is 0 Å². The third-order valence-electron chi connectivity index (χ3n) is 11.5. The monoisotopic (exact) mass is 743 g/mol. The number of hydrogen-bond acceptors (Lipinski definition) is 8. The van der Waals surface area contributed by atoms with Crippen LogP contribution in [0.1, 0.15) is 78.3 Å². The number of likely N-dealkylation sites (tertiary alicyclic amines) is 2. The van der Waals surface area contributed by atoms with Crippen molar-refractivity contribution in [3.63, 3.8) is 0 Å². The second kappa shape index (κ2) is 14.3. The maximum absolute atomic E-state index is 13.6. The largest absolute Gasteiger partial charge is 0.379 e. The average Bonchev–Trinajstić information content (AvgIpc) is 3.12. The van der Waals surface area contributed by atoms with Gasteiger partial charge in [-0.1, -0.05) is 24.3 Å². The van der Waals surface area contributed by atoms with Gasteiger partial charge < -0.3 is 20.0 Å². The molecule has 3 unspecified atom stereocenters. The Hall–Kier alpha value is -4.03. The molecule has 11 nitrogen and oxygen atoms in total. The van der Waals surface area contributed by atoms with E-state index in [0.717, 1.165) is 88.2 Å². The number of imide groups is 1. The van der Waals surface area contributed by atoms with Crippen molar-refractivity contribution >= 4 is 45.0 Å². The summed E-state index contributed by atoms with van der Waals surface area (Å²) in [6, 6.07) is 16.6. The van der Waals surface area contributed by atoms with Crippen LogP contribution in [0.15, 0.2) is 64.0 Å². The van der Waals surface area contributed by atoms with E-state index in [1.165, 1.54) is 10.2 Å². The molecule has 3 aromatic rings. The van der Waals surface area contributed by atoms with Crippen LogP contribution in [-0.4, -0.2) is 89.7 Å². The van der Waals surface area contributed by atoms with Crippen molar-refractivity contribution in [1.82, 2.24) is 24.9 Å². The minimum Gasteiger partial charge on any atom is -0.379 e. The number of aromatic nitrogens is 2. The molecule has 7 rings (SSSR count). The van der Waals surface area contributed by atoms with E-state index < -0.39 is 0 Å². The van der Waals surface area contributed by atoms with Gasteiger partial charge in [0.05, 0.1) is 17.8 Å². The number of aryl methyl sites for hydroxylation is 1. The molecule has 1 spiro atoms. The number of nitrogens with zero attached hydrogens (tertiary/aromatic N) is 5. The minimum atomic E-state index is -0.273. The Kier molecular flexibility index (Phi) is 9.85. The van der Waals surface area contributed by atoms with Crippen molar-refractivity contribution in [2.45, 2.75) is 62.8 Å². The summed E-state index contributed by atoms with van der Waals surface area (Å²) in [7, 11) is 3.75. The Bertz CT molecular complexity index is 1810. The lowest BCUT2D eigenvalue weighted by atomic mass is 9.71. The Balaban J connectivity index is 0.916. The van der Waals surface area contributed by atoms with Gasteiger partial charge in [0.2, 0.25) is 11.8 Å². The number of nitrogens with one attached hydrogen (secondary N) is 2. The van der Waals surface area contributed by atoms with Gasteiger partial charge in [-0.25, -0.2) is 4.68 Å². The van der Waals surface area contributed by atoms with Gasteiger partial charge in [-0.2, -0.15) is 5.10 Å². The molecule has 5 heterocycles. The molecule has 4 aliphatic rings. The SMILES string of the molecule is CN1CC(Nc2cnn(C)c(=O)c2Br)CC(c2ccc(C(=O)N3CCC4(CC3)CCN(c3cccc(C5CCC(=O)NC5=O)c3)CC4)cc2)C1. The van der Waals surface area contributed by atoms with Gasteiger partial charge in [-0.15, -0.1) is 0 Å². The topological polar surface area (TPSA) is 120 Å². The van der Waals surface area contributed by atoms with Crippen molar-refractivity contribution < 1.29 is 14.4 Å². The van der Waals surface area contributed by atoms with E-state index in [9.17, 15) is 19.2 Å². The van der Waals surface area contributed by atoms with Gasteiger partial charge in [-0.05, 0) is 108 Å². The highest BCUT2D eigenvalue weighted by molar-refractivity contribution is 9.10. The molecule has 264 valence electrons. The summed E-state index contributed by atoms with van der Waals surface area (Å²) in [4.78, 5) is 56.8. The van der Waals surface area contributed by atoms with Crippen LogP contribution in [0, 0.1) is 5.41 Å². The highest BCUT2D eigenvalue weighted by Crippen LogP contribution is 2.43. The van der Waals surface area contributed by atoms with Crippen LogP contribution in [0.25, 0.3) is 0 Å². The number of carbonyl (C=O) groups is 3. The zero-order valence-electron chi connectivity index (χ0n) is 28.9. The summed E-state index contributed by atoms with van der Waals surface area (Å²) in [6.07, 6.45) is 7.75. The fourth-order valence-electron chi connectivity index (χ4n) is 8.45. The molecule has 12 heteroatoms. The summed E-state index contributed by atoms with van der Waals surface area (Å²) >= 11 is 3.43. The first-order valence-electron chi connectivity index (χ1n) is 17.8. The Morgan fingerprint density at radius 1 is 0.940 bits per heavy atom. The number of benzene rings is 2. The molecule has 3 atom stereocenters. The van der Waals surface area contributed by atoms with E-state index in [1.54, 1.807) is 13.2 Å². The lowest BCUT2D eigenvalue weighted by Crippen LogP contribution is -2.48. The third-order valence-corrected chi connectivity index (χ3v) is 12.3.